The van der Waals surface area contributed by atoms with Crippen LogP contribution >= 0.6 is 0 Å². The minimum Gasteiger partial charge on any atom is -0.462 e. The molecule has 0 aromatic heterocycles. The lowest BCUT2D eigenvalue weighted by molar-refractivity contribution is -0.384. The van der Waals surface area contributed by atoms with E-state index in [-0.39, 0.29) is 23.6 Å². The molecule has 0 aliphatic rings. The molecule has 7 nitrogen and oxygen atoms in total. The Morgan fingerprint density at radius 3 is 2.85 bits per heavy atom. The summed E-state index contributed by atoms with van der Waals surface area (Å²) in [6, 6.07) is 6.25. The normalized spacial score (nSPS) is 10.6. The smallest absolute Gasteiger partial charge is 0.350 e. The van der Waals surface area contributed by atoms with E-state index in [4.69, 9.17) is 5.26 Å². The molecule has 0 atom stereocenters. The van der Waals surface area contributed by atoms with Gasteiger partial charge in [-0.05, 0) is 19.4 Å². The summed E-state index contributed by atoms with van der Waals surface area (Å²) in [6.07, 6.45) is 1.10. The fourth-order valence-electron chi connectivity index (χ4n) is 1.48. The number of carbonyl (C=O) groups is 1. The second-order valence-corrected chi connectivity index (χ2v) is 3.76. The van der Waals surface area contributed by atoms with E-state index in [0.717, 1.165) is 6.20 Å². The number of para-hydroxylation sites is 1. The number of esters is 1. The van der Waals surface area contributed by atoms with Gasteiger partial charge < -0.3 is 10.1 Å². The number of benzene rings is 1. The highest BCUT2D eigenvalue weighted by Crippen LogP contribution is 2.27. The maximum absolute atomic E-state index is 11.4. The van der Waals surface area contributed by atoms with E-state index in [1.165, 1.54) is 6.07 Å². The Morgan fingerprint density at radius 2 is 2.30 bits per heavy atom. The number of rotatable bonds is 5. The Labute approximate surface area is 115 Å². The van der Waals surface area contributed by atoms with Crippen LogP contribution in [0.4, 0.5) is 11.4 Å². The molecule has 0 amide bonds. The van der Waals surface area contributed by atoms with Crippen LogP contribution in [0.5, 0.6) is 0 Å². The van der Waals surface area contributed by atoms with Gasteiger partial charge in [-0.25, -0.2) is 4.79 Å². The lowest BCUT2D eigenvalue weighted by atomic mass is 10.1. The van der Waals surface area contributed by atoms with Crippen molar-refractivity contribution in [1.82, 2.24) is 0 Å². The zero-order chi connectivity index (χ0) is 15.1. The van der Waals surface area contributed by atoms with Crippen molar-refractivity contribution >= 4 is 17.3 Å². The number of nitriles is 1. The van der Waals surface area contributed by atoms with Gasteiger partial charge in [0, 0.05) is 12.3 Å². The maximum atomic E-state index is 11.4. The van der Waals surface area contributed by atoms with Crippen molar-refractivity contribution in [1.29, 1.82) is 5.26 Å². The molecule has 1 aromatic rings. The Morgan fingerprint density at radius 1 is 1.60 bits per heavy atom. The summed E-state index contributed by atoms with van der Waals surface area (Å²) < 4.78 is 4.69. The Kier molecular flexibility index (Phi) is 5.23. The number of hydrogen-bond acceptors (Lipinski definition) is 6. The molecule has 0 heterocycles. The first kappa shape index (κ1) is 15.2. The zero-order valence-electron chi connectivity index (χ0n) is 11.0. The molecule has 0 spiro atoms. The van der Waals surface area contributed by atoms with Gasteiger partial charge in [-0.3, -0.25) is 10.1 Å². The molecule has 0 unspecified atom stereocenters. The van der Waals surface area contributed by atoms with E-state index in [1.54, 1.807) is 32.0 Å². The fraction of sp³-hybridized carbons (Fsp3) is 0.231. The number of ether oxygens (including phenoxy) is 1. The van der Waals surface area contributed by atoms with Crippen LogP contribution in [0.25, 0.3) is 0 Å². The summed E-state index contributed by atoms with van der Waals surface area (Å²) in [5.74, 6) is -0.779. The van der Waals surface area contributed by atoms with Crippen molar-refractivity contribution in [2.24, 2.45) is 0 Å². The summed E-state index contributed by atoms with van der Waals surface area (Å²) in [4.78, 5) is 21.8. The highest BCUT2D eigenvalue weighted by Gasteiger charge is 2.16. The number of anilines is 1. The predicted octanol–water partition coefficient (Wildman–Crippen LogP) is 2.29. The topological polar surface area (TPSA) is 105 Å². The van der Waals surface area contributed by atoms with Gasteiger partial charge in [0.1, 0.15) is 11.8 Å². The van der Waals surface area contributed by atoms with Gasteiger partial charge in [0.2, 0.25) is 0 Å². The molecule has 0 saturated heterocycles. The Hall–Kier alpha value is -2.88. The van der Waals surface area contributed by atoms with E-state index in [2.05, 4.69) is 10.1 Å². The molecule has 7 heteroatoms. The number of aryl methyl sites for hydroxylation is 1. The number of nitrogens with one attached hydrogen (secondary N) is 1. The molecule has 1 aromatic carbocycles. The molecule has 20 heavy (non-hydrogen) atoms. The molecule has 104 valence electrons. The summed E-state index contributed by atoms with van der Waals surface area (Å²) in [5, 5.41) is 22.4. The molecule has 0 radical (unpaired) electrons. The van der Waals surface area contributed by atoms with Crippen LogP contribution in [-0.2, 0) is 9.53 Å². The molecular weight excluding hydrogens is 262 g/mol. The fourth-order valence-corrected chi connectivity index (χ4v) is 1.48. The van der Waals surface area contributed by atoms with E-state index in [9.17, 15) is 14.9 Å². The Bertz CT molecular complexity index is 602. The van der Waals surface area contributed by atoms with Crippen LogP contribution < -0.4 is 5.32 Å². The third-order valence-corrected chi connectivity index (χ3v) is 2.42. The lowest BCUT2D eigenvalue weighted by Crippen LogP contribution is -2.08. The van der Waals surface area contributed by atoms with Crippen LogP contribution in [0.3, 0.4) is 0 Å². The number of nitro benzene ring substituents is 1. The molecule has 1 rings (SSSR count). The SMILES string of the molecule is CCOC(=O)/C(C#N)=C/Nc1c(C)cccc1[N+](=O)[O-]. The van der Waals surface area contributed by atoms with Crippen LogP contribution in [0.1, 0.15) is 12.5 Å². The highest BCUT2D eigenvalue weighted by atomic mass is 16.6. The van der Waals surface area contributed by atoms with Crippen molar-refractivity contribution in [3.63, 3.8) is 0 Å². The molecule has 0 fully saturated rings. The molecule has 0 bridgehead atoms. The minimum absolute atomic E-state index is 0.137. The average Bonchev–Trinajstić information content (AvgIpc) is 2.40. The molecular formula is C13H13N3O4. The van der Waals surface area contributed by atoms with E-state index < -0.39 is 10.9 Å². The second-order valence-electron chi connectivity index (χ2n) is 3.76. The van der Waals surface area contributed by atoms with Gasteiger partial charge in [0.25, 0.3) is 5.69 Å². The summed E-state index contributed by atoms with van der Waals surface area (Å²) in [6.45, 7) is 3.44. The van der Waals surface area contributed by atoms with Gasteiger partial charge in [0.05, 0.1) is 11.5 Å². The average molecular weight is 275 g/mol. The van der Waals surface area contributed by atoms with Crippen molar-refractivity contribution < 1.29 is 14.5 Å². The van der Waals surface area contributed by atoms with E-state index >= 15 is 0 Å². The quantitative estimate of drug-likeness (QED) is 0.290. The van der Waals surface area contributed by atoms with Gasteiger partial charge in [-0.2, -0.15) is 5.26 Å². The van der Waals surface area contributed by atoms with Gasteiger partial charge in [-0.1, -0.05) is 12.1 Å². The third-order valence-electron chi connectivity index (χ3n) is 2.42. The highest BCUT2D eigenvalue weighted by molar-refractivity contribution is 5.93. The third kappa shape index (κ3) is 3.55. The molecule has 1 N–H and O–H groups in total. The number of nitro groups is 1. The van der Waals surface area contributed by atoms with Crippen molar-refractivity contribution in [2.45, 2.75) is 13.8 Å². The van der Waals surface area contributed by atoms with E-state index in [0.29, 0.717) is 5.56 Å². The molecule has 0 aliphatic carbocycles. The zero-order valence-corrected chi connectivity index (χ0v) is 11.0. The minimum atomic E-state index is -0.779. The van der Waals surface area contributed by atoms with Gasteiger partial charge in [0.15, 0.2) is 5.57 Å². The number of nitrogens with zero attached hydrogens (tertiary/aromatic N) is 2. The lowest BCUT2D eigenvalue weighted by Gasteiger charge is -2.06. The van der Waals surface area contributed by atoms with Crippen LogP contribution in [0.15, 0.2) is 30.0 Å². The standard InChI is InChI=1S/C13H13N3O4/c1-3-20-13(17)10(7-14)8-15-12-9(2)5-4-6-11(12)16(18)19/h4-6,8,15H,3H2,1-2H3/b10-8+. The summed E-state index contributed by atoms with van der Waals surface area (Å²) in [5.41, 5.74) is 0.456. The number of carbonyl (C=O) groups excluding carboxylic acids is 1. The van der Waals surface area contributed by atoms with Crippen molar-refractivity contribution in [3.8, 4) is 6.07 Å². The van der Waals surface area contributed by atoms with Crippen molar-refractivity contribution in [3.05, 3.63) is 45.6 Å². The molecule has 0 aliphatic heterocycles. The number of hydrogen-bond donors (Lipinski definition) is 1. The first-order valence-electron chi connectivity index (χ1n) is 5.79. The van der Waals surface area contributed by atoms with Crippen LogP contribution in [0.2, 0.25) is 0 Å². The first-order valence-corrected chi connectivity index (χ1v) is 5.79. The van der Waals surface area contributed by atoms with E-state index in [1.807, 2.05) is 0 Å². The summed E-state index contributed by atoms with van der Waals surface area (Å²) >= 11 is 0. The maximum Gasteiger partial charge on any atom is 0.350 e. The van der Waals surface area contributed by atoms with Gasteiger partial charge >= 0.3 is 5.97 Å². The Balaban J connectivity index is 3.08. The second kappa shape index (κ2) is 6.89. The monoisotopic (exact) mass is 275 g/mol. The predicted molar refractivity (Wildman–Crippen MR) is 71.8 cm³/mol. The molecule has 0 saturated carbocycles. The first-order chi connectivity index (χ1) is 9.51. The van der Waals surface area contributed by atoms with Crippen LogP contribution in [0, 0.1) is 28.4 Å². The largest absolute Gasteiger partial charge is 0.462 e. The van der Waals surface area contributed by atoms with Gasteiger partial charge in [-0.15, -0.1) is 0 Å². The van der Waals surface area contributed by atoms with Crippen molar-refractivity contribution in [2.75, 3.05) is 11.9 Å². The van der Waals surface area contributed by atoms with Crippen LogP contribution in [-0.4, -0.2) is 17.5 Å². The summed E-state index contributed by atoms with van der Waals surface area (Å²) in [7, 11) is 0.